The summed E-state index contributed by atoms with van der Waals surface area (Å²) in [6, 6.07) is 17.2. The SMILES string of the molecule is O=C1NC(=O)c2ccc(-c3ccco3)cc2/C1=C/Nc1ccc(CN2CCCC2CO)cc1. The molecular formula is C26H25N3O4. The average Bonchev–Trinajstić information content (AvgIpc) is 3.52. The molecule has 1 atom stereocenters. The molecule has 5 rings (SSSR count). The molecule has 2 aliphatic heterocycles. The van der Waals surface area contributed by atoms with E-state index in [0.29, 0.717) is 22.5 Å². The first-order valence-electron chi connectivity index (χ1n) is 11.1. The molecule has 168 valence electrons. The van der Waals surface area contributed by atoms with Crippen LogP contribution in [0.1, 0.15) is 34.3 Å². The van der Waals surface area contributed by atoms with E-state index in [1.807, 2.05) is 30.3 Å². The van der Waals surface area contributed by atoms with Gasteiger partial charge in [0.2, 0.25) is 0 Å². The van der Waals surface area contributed by atoms with E-state index < -0.39 is 11.8 Å². The van der Waals surface area contributed by atoms with Crippen molar-refractivity contribution in [2.24, 2.45) is 0 Å². The molecule has 3 N–H and O–H groups in total. The van der Waals surface area contributed by atoms with Gasteiger partial charge in [-0.2, -0.15) is 0 Å². The molecule has 0 radical (unpaired) electrons. The normalized spacial score (nSPS) is 19.5. The number of nitrogens with one attached hydrogen (secondary N) is 2. The summed E-state index contributed by atoms with van der Waals surface area (Å²) in [5.74, 6) is -0.191. The number of amides is 2. The van der Waals surface area contributed by atoms with Crippen LogP contribution < -0.4 is 10.6 Å². The first kappa shape index (κ1) is 21.2. The van der Waals surface area contributed by atoms with Gasteiger partial charge >= 0.3 is 0 Å². The Hall–Kier alpha value is -3.68. The highest BCUT2D eigenvalue weighted by Gasteiger charge is 2.28. The summed E-state index contributed by atoms with van der Waals surface area (Å²) < 4.78 is 5.46. The molecule has 3 aromatic rings. The highest BCUT2D eigenvalue weighted by atomic mass is 16.3. The Morgan fingerprint density at radius 3 is 2.70 bits per heavy atom. The molecule has 1 unspecified atom stereocenters. The van der Waals surface area contributed by atoms with Crippen molar-refractivity contribution in [3.05, 3.63) is 83.8 Å². The molecule has 0 saturated carbocycles. The third-order valence-corrected chi connectivity index (χ3v) is 6.26. The molecule has 7 nitrogen and oxygen atoms in total. The van der Waals surface area contributed by atoms with Gasteiger partial charge in [-0.05, 0) is 61.3 Å². The van der Waals surface area contributed by atoms with E-state index in [9.17, 15) is 14.7 Å². The lowest BCUT2D eigenvalue weighted by Gasteiger charge is -2.22. The van der Waals surface area contributed by atoms with E-state index in [0.717, 1.165) is 37.2 Å². The predicted molar refractivity (Wildman–Crippen MR) is 125 cm³/mol. The summed E-state index contributed by atoms with van der Waals surface area (Å²) in [7, 11) is 0. The van der Waals surface area contributed by atoms with Crippen molar-refractivity contribution in [3.8, 4) is 11.3 Å². The second-order valence-electron chi connectivity index (χ2n) is 8.37. The number of rotatable bonds is 6. The minimum atomic E-state index is -0.447. The van der Waals surface area contributed by atoms with Crippen LogP contribution in [0.5, 0.6) is 0 Å². The Bertz CT molecular complexity index is 1200. The van der Waals surface area contributed by atoms with Gasteiger partial charge in [-0.25, -0.2) is 0 Å². The maximum atomic E-state index is 12.6. The summed E-state index contributed by atoms with van der Waals surface area (Å²) >= 11 is 0. The molecule has 0 aliphatic carbocycles. The Morgan fingerprint density at radius 1 is 1.09 bits per heavy atom. The third kappa shape index (κ3) is 4.33. The monoisotopic (exact) mass is 443 g/mol. The first-order chi connectivity index (χ1) is 16.1. The van der Waals surface area contributed by atoms with Crippen LogP contribution in [0.3, 0.4) is 0 Å². The van der Waals surface area contributed by atoms with Crippen LogP contribution in [0.15, 0.2) is 71.5 Å². The van der Waals surface area contributed by atoms with Crippen LogP contribution in [0.4, 0.5) is 5.69 Å². The predicted octanol–water partition coefficient (Wildman–Crippen LogP) is 3.63. The lowest BCUT2D eigenvalue weighted by atomic mass is 9.93. The standard InChI is InChI=1S/C26H25N3O4/c30-16-20-3-1-11-29(20)15-17-5-8-19(9-6-17)27-14-23-22-13-18(24-4-2-12-33-24)7-10-21(22)25(31)28-26(23)32/h2,4-10,12-14,20,27,30H,1,3,11,15-16H2,(H,28,31,32)/b23-14-. The van der Waals surface area contributed by atoms with Gasteiger partial charge in [-0.1, -0.05) is 18.2 Å². The maximum Gasteiger partial charge on any atom is 0.260 e. The van der Waals surface area contributed by atoms with Crippen LogP contribution >= 0.6 is 0 Å². The summed E-state index contributed by atoms with van der Waals surface area (Å²) in [5.41, 5.74) is 4.18. The number of aliphatic hydroxyl groups excluding tert-OH is 1. The number of nitrogens with zero attached hydrogens (tertiary/aromatic N) is 1. The van der Waals surface area contributed by atoms with Crippen molar-refractivity contribution in [3.63, 3.8) is 0 Å². The summed E-state index contributed by atoms with van der Waals surface area (Å²) in [6.45, 7) is 2.01. The van der Waals surface area contributed by atoms with E-state index in [1.54, 1.807) is 36.7 Å². The van der Waals surface area contributed by atoms with Crippen LogP contribution in [-0.2, 0) is 11.3 Å². The number of furan rings is 1. The molecule has 2 aromatic carbocycles. The van der Waals surface area contributed by atoms with Crippen LogP contribution in [0.2, 0.25) is 0 Å². The zero-order chi connectivity index (χ0) is 22.8. The topological polar surface area (TPSA) is 94.8 Å². The van der Waals surface area contributed by atoms with Crippen molar-refractivity contribution in [2.45, 2.75) is 25.4 Å². The Kier molecular flexibility index (Phi) is 5.81. The Morgan fingerprint density at radius 2 is 1.94 bits per heavy atom. The number of aliphatic hydroxyl groups is 1. The minimum Gasteiger partial charge on any atom is -0.464 e. The van der Waals surface area contributed by atoms with Crippen molar-refractivity contribution in [2.75, 3.05) is 18.5 Å². The van der Waals surface area contributed by atoms with E-state index in [2.05, 4.69) is 15.5 Å². The third-order valence-electron chi connectivity index (χ3n) is 6.26. The second-order valence-corrected chi connectivity index (χ2v) is 8.37. The largest absolute Gasteiger partial charge is 0.464 e. The Balaban J connectivity index is 1.36. The average molecular weight is 444 g/mol. The van der Waals surface area contributed by atoms with Gasteiger partial charge in [0.25, 0.3) is 11.8 Å². The van der Waals surface area contributed by atoms with Gasteiger partial charge in [0.05, 0.1) is 18.4 Å². The highest BCUT2D eigenvalue weighted by Crippen LogP contribution is 2.30. The fourth-order valence-corrected chi connectivity index (χ4v) is 4.47. The number of anilines is 1. The minimum absolute atomic E-state index is 0.195. The number of imide groups is 1. The van der Waals surface area contributed by atoms with Gasteiger partial charge in [0.15, 0.2) is 0 Å². The van der Waals surface area contributed by atoms with Crippen molar-refractivity contribution in [1.82, 2.24) is 10.2 Å². The molecule has 2 amide bonds. The molecule has 7 heteroatoms. The molecule has 33 heavy (non-hydrogen) atoms. The van der Waals surface area contributed by atoms with Crippen molar-refractivity contribution in [1.29, 1.82) is 0 Å². The van der Waals surface area contributed by atoms with E-state index in [4.69, 9.17) is 4.42 Å². The van der Waals surface area contributed by atoms with Crippen LogP contribution in [0.25, 0.3) is 16.9 Å². The fourth-order valence-electron chi connectivity index (χ4n) is 4.47. The van der Waals surface area contributed by atoms with E-state index in [-0.39, 0.29) is 12.6 Å². The van der Waals surface area contributed by atoms with Crippen LogP contribution in [0, 0.1) is 0 Å². The summed E-state index contributed by atoms with van der Waals surface area (Å²) in [6.07, 6.45) is 5.37. The molecular weight excluding hydrogens is 418 g/mol. The molecule has 1 saturated heterocycles. The molecule has 1 aromatic heterocycles. The quantitative estimate of drug-likeness (QED) is 0.398. The number of likely N-dealkylation sites (tertiary alicyclic amines) is 1. The first-order valence-corrected chi connectivity index (χ1v) is 11.1. The number of carbonyl (C=O) groups excluding carboxylic acids is 2. The summed E-state index contributed by atoms with van der Waals surface area (Å²) in [4.78, 5) is 27.2. The lowest BCUT2D eigenvalue weighted by Crippen LogP contribution is -2.36. The number of hydrogen-bond acceptors (Lipinski definition) is 6. The van der Waals surface area contributed by atoms with Gasteiger partial charge in [0, 0.05) is 41.2 Å². The van der Waals surface area contributed by atoms with E-state index >= 15 is 0 Å². The number of carbonyl (C=O) groups is 2. The molecule has 0 spiro atoms. The molecule has 1 fully saturated rings. The number of benzene rings is 2. The maximum absolute atomic E-state index is 12.6. The van der Waals surface area contributed by atoms with Gasteiger partial charge in [-0.15, -0.1) is 0 Å². The summed E-state index contributed by atoms with van der Waals surface area (Å²) in [5, 5.41) is 15.1. The zero-order valence-electron chi connectivity index (χ0n) is 18.1. The van der Waals surface area contributed by atoms with Crippen molar-refractivity contribution < 1.29 is 19.1 Å². The van der Waals surface area contributed by atoms with Gasteiger partial charge < -0.3 is 14.8 Å². The van der Waals surface area contributed by atoms with Gasteiger partial charge in [-0.3, -0.25) is 19.8 Å². The number of hydrogen-bond donors (Lipinski definition) is 3. The molecule has 2 aliphatic rings. The van der Waals surface area contributed by atoms with Crippen LogP contribution in [-0.4, -0.2) is 41.0 Å². The van der Waals surface area contributed by atoms with E-state index in [1.165, 1.54) is 5.56 Å². The second kappa shape index (κ2) is 9.05. The van der Waals surface area contributed by atoms with Crippen molar-refractivity contribution >= 4 is 23.1 Å². The molecule has 0 bridgehead atoms. The van der Waals surface area contributed by atoms with Gasteiger partial charge in [0.1, 0.15) is 5.76 Å². The fraction of sp³-hybridized carbons (Fsp3) is 0.231. The molecule has 3 heterocycles. The lowest BCUT2D eigenvalue weighted by molar-refractivity contribution is -0.114. The smallest absolute Gasteiger partial charge is 0.260 e. The zero-order valence-corrected chi connectivity index (χ0v) is 18.1. The number of fused-ring (bicyclic) bond motifs is 1. The highest BCUT2D eigenvalue weighted by molar-refractivity contribution is 6.31. The Labute approximate surface area is 191 Å².